The first-order valence-corrected chi connectivity index (χ1v) is 6.65. The number of nitrogen functional groups attached to an aromatic ring is 1. The molecule has 1 amide bonds. The highest BCUT2D eigenvalue weighted by Gasteiger charge is 2.14. The summed E-state index contributed by atoms with van der Waals surface area (Å²) < 4.78 is 11.3. The molecule has 0 bridgehead atoms. The highest BCUT2D eigenvalue weighted by atomic mass is 16.5. The van der Waals surface area contributed by atoms with Crippen molar-refractivity contribution in [3.05, 3.63) is 29.8 Å². The molecule has 0 saturated heterocycles. The number of ether oxygens (including phenoxy) is 2. The van der Waals surface area contributed by atoms with Crippen LogP contribution in [0.5, 0.6) is 5.75 Å². The molecular formula is C14H20N2O3. The topological polar surface area (TPSA) is 73.6 Å². The summed E-state index contributed by atoms with van der Waals surface area (Å²) >= 11 is 0. The van der Waals surface area contributed by atoms with Gasteiger partial charge in [0.1, 0.15) is 12.4 Å². The number of carbonyl (C=O) groups excluding carboxylic acids is 1. The molecule has 0 aromatic heterocycles. The minimum absolute atomic E-state index is 0.326. The average molecular weight is 264 g/mol. The average Bonchev–Trinajstić information content (AvgIpc) is 2.96. The standard InChI is InChI=1S/C14H20N2O3/c15-16-14(17)11-4-3-7-13(10-11)19-9-8-18-12-5-1-2-6-12/h3-4,7,10,12H,1-2,5-6,8-9,15H2,(H,16,17). The van der Waals surface area contributed by atoms with Crippen LogP contribution in [0.4, 0.5) is 0 Å². The number of hydrogen-bond donors (Lipinski definition) is 2. The second-order valence-corrected chi connectivity index (χ2v) is 4.63. The summed E-state index contributed by atoms with van der Waals surface area (Å²) in [5.74, 6) is 5.41. The van der Waals surface area contributed by atoms with Crippen molar-refractivity contribution < 1.29 is 14.3 Å². The summed E-state index contributed by atoms with van der Waals surface area (Å²) in [5.41, 5.74) is 2.58. The minimum atomic E-state index is -0.326. The van der Waals surface area contributed by atoms with Crippen molar-refractivity contribution in [3.63, 3.8) is 0 Å². The molecule has 0 unspecified atom stereocenters. The number of amides is 1. The lowest BCUT2D eigenvalue weighted by atomic mass is 10.2. The first-order valence-electron chi connectivity index (χ1n) is 6.65. The maximum atomic E-state index is 11.4. The molecule has 1 aromatic carbocycles. The number of benzene rings is 1. The summed E-state index contributed by atoms with van der Waals surface area (Å²) in [5, 5.41) is 0. The first-order chi connectivity index (χ1) is 9.29. The normalized spacial score (nSPS) is 15.4. The summed E-state index contributed by atoms with van der Waals surface area (Å²) in [4.78, 5) is 11.4. The molecule has 5 heteroatoms. The predicted molar refractivity (Wildman–Crippen MR) is 71.8 cm³/mol. The van der Waals surface area contributed by atoms with E-state index in [2.05, 4.69) is 5.43 Å². The zero-order valence-electron chi connectivity index (χ0n) is 10.9. The summed E-state index contributed by atoms with van der Waals surface area (Å²) in [6.45, 7) is 1.07. The Bertz CT molecular complexity index is 417. The van der Waals surface area contributed by atoms with Gasteiger partial charge in [-0.3, -0.25) is 10.2 Å². The van der Waals surface area contributed by atoms with Gasteiger partial charge in [0.15, 0.2) is 0 Å². The number of hydrogen-bond acceptors (Lipinski definition) is 4. The van der Waals surface area contributed by atoms with Crippen molar-refractivity contribution >= 4 is 5.91 Å². The van der Waals surface area contributed by atoms with E-state index < -0.39 is 0 Å². The van der Waals surface area contributed by atoms with Crippen LogP contribution in [0.1, 0.15) is 36.0 Å². The molecule has 2 rings (SSSR count). The van der Waals surface area contributed by atoms with Gasteiger partial charge in [0.25, 0.3) is 5.91 Å². The Labute approximate surface area is 113 Å². The Balaban J connectivity index is 1.74. The molecule has 19 heavy (non-hydrogen) atoms. The monoisotopic (exact) mass is 264 g/mol. The van der Waals surface area contributed by atoms with Gasteiger partial charge in [-0.2, -0.15) is 0 Å². The Morgan fingerprint density at radius 1 is 1.32 bits per heavy atom. The van der Waals surface area contributed by atoms with Gasteiger partial charge in [0, 0.05) is 5.56 Å². The van der Waals surface area contributed by atoms with Crippen LogP contribution in [0, 0.1) is 0 Å². The maximum Gasteiger partial charge on any atom is 0.265 e. The van der Waals surface area contributed by atoms with E-state index in [9.17, 15) is 4.79 Å². The molecule has 5 nitrogen and oxygen atoms in total. The van der Waals surface area contributed by atoms with Crippen LogP contribution >= 0.6 is 0 Å². The van der Waals surface area contributed by atoms with Crippen molar-refractivity contribution in [2.24, 2.45) is 5.84 Å². The van der Waals surface area contributed by atoms with Gasteiger partial charge in [-0.25, -0.2) is 5.84 Å². The van der Waals surface area contributed by atoms with E-state index in [1.165, 1.54) is 12.8 Å². The van der Waals surface area contributed by atoms with Crippen LogP contribution in [-0.4, -0.2) is 25.2 Å². The van der Waals surface area contributed by atoms with Crippen molar-refractivity contribution in [1.29, 1.82) is 0 Å². The Morgan fingerprint density at radius 2 is 2.11 bits per heavy atom. The van der Waals surface area contributed by atoms with Gasteiger partial charge in [0.05, 0.1) is 12.7 Å². The molecule has 1 saturated carbocycles. The fourth-order valence-electron chi connectivity index (χ4n) is 2.24. The molecule has 0 radical (unpaired) electrons. The van der Waals surface area contributed by atoms with Crippen molar-refractivity contribution in [1.82, 2.24) is 5.43 Å². The third-order valence-electron chi connectivity index (χ3n) is 3.24. The maximum absolute atomic E-state index is 11.4. The smallest absolute Gasteiger partial charge is 0.265 e. The van der Waals surface area contributed by atoms with Gasteiger partial charge in [-0.05, 0) is 31.0 Å². The van der Waals surface area contributed by atoms with Crippen LogP contribution in [0.3, 0.4) is 0 Å². The summed E-state index contributed by atoms with van der Waals surface area (Å²) in [6, 6.07) is 6.92. The largest absolute Gasteiger partial charge is 0.491 e. The number of nitrogens with two attached hydrogens (primary N) is 1. The second-order valence-electron chi connectivity index (χ2n) is 4.63. The molecule has 1 aromatic rings. The number of nitrogens with one attached hydrogen (secondary N) is 1. The van der Waals surface area contributed by atoms with E-state index in [1.54, 1.807) is 18.2 Å². The SMILES string of the molecule is NNC(=O)c1cccc(OCCOC2CCCC2)c1. The van der Waals surface area contributed by atoms with E-state index in [0.29, 0.717) is 30.6 Å². The Kier molecular flexibility index (Phi) is 5.18. The molecular weight excluding hydrogens is 244 g/mol. The lowest BCUT2D eigenvalue weighted by Gasteiger charge is -2.12. The molecule has 1 aliphatic carbocycles. The Hall–Kier alpha value is -1.59. The molecule has 104 valence electrons. The third kappa shape index (κ3) is 4.22. The molecule has 3 N–H and O–H groups in total. The summed E-state index contributed by atoms with van der Waals surface area (Å²) in [6.07, 6.45) is 5.25. The summed E-state index contributed by atoms with van der Waals surface area (Å²) in [7, 11) is 0. The fourth-order valence-corrected chi connectivity index (χ4v) is 2.24. The zero-order chi connectivity index (χ0) is 13.5. The molecule has 0 spiro atoms. The van der Waals surface area contributed by atoms with E-state index in [1.807, 2.05) is 6.07 Å². The quantitative estimate of drug-likeness (QED) is 0.354. The van der Waals surface area contributed by atoms with Crippen molar-refractivity contribution in [2.75, 3.05) is 13.2 Å². The highest BCUT2D eigenvalue weighted by Crippen LogP contribution is 2.20. The van der Waals surface area contributed by atoms with E-state index in [0.717, 1.165) is 12.8 Å². The molecule has 1 aliphatic rings. The fraction of sp³-hybridized carbons (Fsp3) is 0.500. The van der Waals surface area contributed by atoms with Crippen LogP contribution in [0.25, 0.3) is 0 Å². The number of rotatable bonds is 6. The van der Waals surface area contributed by atoms with Crippen LogP contribution in [0.2, 0.25) is 0 Å². The van der Waals surface area contributed by atoms with Gasteiger partial charge in [-0.1, -0.05) is 18.9 Å². The van der Waals surface area contributed by atoms with Crippen LogP contribution in [-0.2, 0) is 4.74 Å². The van der Waals surface area contributed by atoms with E-state index >= 15 is 0 Å². The lowest BCUT2D eigenvalue weighted by molar-refractivity contribution is 0.0382. The highest BCUT2D eigenvalue weighted by molar-refractivity contribution is 5.94. The minimum Gasteiger partial charge on any atom is -0.491 e. The van der Waals surface area contributed by atoms with Gasteiger partial charge < -0.3 is 9.47 Å². The van der Waals surface area contributed by atoms with Gasteiger partial charge >= 0.3 is 0 Å². The van der Waals surface area contributed by atoms with Crippen molar-refractivity contribution in [3.8, 4) is 5.75 Å². The van der Waals surface area contributed by atoms with Gasteiger partial charge in [-0.15, -0.1) is 0 Å². The molecule has 0 aliphatic heterocycles. The molecule has 0 atom stereocenters. The third-order valence-corrected chi connectivity index (χ3v) is 3.24. The lowest BCUT2D eigenvalue weighted by Crippen LogP contribution is -2.29. The second kappa shape index (κ2) is 7.11. The van der Waals surface area contributed by atoms with Crippen LogP contribution in [0.15, 0.2) is 24.3 Å². The number of carbonyl (C=O) groups is 1. The Morgan fingerprint density at radius 3 is 2.84 bits per heavy atom. The molecule has 0 heterocycles. The van der Waals surface area contributed by atoms with Gasteiger partial charge in [0.2, 0.25) is 0 Å². The van der Waals surface area contributed by atoms with E-state index in [-0.39, 0.29) is 5.91 Å². The number of hydrazine groups is 1. The predicted octanol–water partition coefficient (Wildman–Crippen LogP) is 1.63. The van der Waals surface area contributed by atoms with E-state index in [4.69, 9.17) is 15.3 Å². The van der Waals surface area contributed by atoms with Crippen LogP contribution < -0.4 is 16.0 Å². The zero-order valence-corrected chi connectivity index (χ0v) is 10.9. The molecule has 1 fully saturated rings. The van der Waals surface area contributed by atoms with Crippen molar-refractivity contribution in [2.45, 2.75) is 31.8 Å². The first kappa shape index (κ1) is 13.8.